The maximum Gasteiger partial charge on any atom is 0.255 e. The second kappa shape index (κ2) is 12.2. The number of hydrogen-bond donors (Lipinski definition) is 0. The lowest BCUT2D eigenvalue weighted by Gasteiger charge is -2.37. The summed E-state index contributed by atoms with van der Waals surface area (Å²) in [5, 5.41) is 9.74. The van der Waals surface area contributed by atoms with E-state index in [1.54, 1.807) is 0 Å². The lowest BCUT2D eigenvalue weighted by atomic mass is 9.94. The number of amides is 2. The highest BCUT2D eigenvalue weighted by molar-refractivity contribution is 8.00. The van der Waals surface area contributed by atoms with Crippen molar-refractivity contribution in [1.82, 2.24) is 14.7 Å². The van der Waals surface area contributed by atoms with E-state index in [9.17, 15) is 14.9 Å². The molecule has 4 rings (SSSR count). The molecule has 1 atom stereocenters. The largest absolute Gasteiger partial charge is 0.342 e. The molecule has 7 heteroatoms. The van der Waals surface area contributed by atoms with Crippen molar-refractivity contribution in [3.05, 3.63) is 65.7 Å². The third-order valence-corrected chi connectivity index (χ3v) is 8.25. The van der Waals surface area contributed by atoms with E-state index in [4.69, 9.17) is 0 Å². The summed E-state index contributed by atoms with van der Waals surface area (Å²) in [5.74, 6) is 0.460. The number of carbonyl (C=O) groups is 2. The molecule has 35 heavy (non-hydrogen) atoms. The number of rotatable bonds is 7. The number of nitriles is 1. The molecule has 0 bridgehead atoms. The average molecular weight is 491 g/mol. The van der Waals surface area contributed by atoms with Crippen LogP contribution in [0.1, 0.15) is 54.1 Å². The Kier molecular flexibility index (Phi) is 8.84. The van der Waals surface area contributed by atoms with Gasteiger partial charge < -0.3 is 9.80 Å². The highest BCUT2D eigenvalue weighted by Gasteiger charge is 2.29. The van der Waals surface area contributed by atoms with Crippen LogP contribution in [0, 0.1) is 11.3 Å². The predicted molar refractivity (Wildman–Crippen MR) is 139 cm³/mol. The van der Waals surface area contributed by atoms with Crippen LogP contribution in [0.3, 0.4) is 0 Å². The standard InChI is InChI=1S/C28H34N4O2S/c1-30(23-12-6-3-7-13-23)27(33)21-35-26-15-9-8-14-24(26)28(34)32-18-16-31(17-19-32)25(20-29)22-10-4-2-5-11-22/h2,4-5,8-11,14-15,23,25H,3,6-7,12-13,16-19,21H2,1H3. The van der Waals surface area contributed by atoms with Crippen LogP contribution in [0.5, 0.6) is 0 Å². The molecule has 0 aromatic heterocycles. The molecule has 6 nitrogen and oxygen atoms in total. The first kappa shape index (κ1) is 25.3. The van der Waals surface area contributed by atoms with Gasteiger partial charge in [-0.15, -0.1) is 11.8 Å². The molecule has 1 saturated heterocycles. The Bertz CT molecular complexity index is 1040. The van der Waals surface area contributed by atoms with Crippen LogP contribution in [-0.2, 0) is 4.79 Å². The molecule has 1 aliphatic carbocycles. The van der Waals surface area contributed by atoms with Gasteiger partial charge in [-0.2, -0.15) is 5.26 Å². The average Bonchev–Trinajstić information content (AvgIpc) is 2.93. The Morgan fingerprint density at radius 3 is 2.34 bits per heavy atom. The summed E-state index contributed by atoms with van der Waals surface area (Å²) >= 11 is 1.45. The number of nitrogens with zero attached hydrogens (tertiary/aromatic N) is 4. The summed E-state index contributed by atoms with van der Waals surface area (Å²) in [6, 6.07) is 19.9. The summed E-state index contributed by atoms with van der Waals surface area (Å²) in [4.78, 5) is 33.0. The van der Waals surface area contributed by atoms with Gasteiger partial charge in [-0.3, -0.25) is 14.5 Å². The van der Waals surface area contributed by atoms with E-state index in [-0.39, 0.29) is 17.9 Å². The predicted octanol–water partition coefficient (Wildman–Crippen LogP) is 4.59. The zero-order valence-electron chi connectivity index (χ0n) is 20.4. The van der Waals surface area contributed by atoms with Gasteiger partial charge in [0.15, 0.2) is 0 Å². The quantitative estimate of drug-likeness (QED) is 0.531. The van der Waals surface area contributed by atoms with Gasteiger partial charge in [0.2, 0.25) is 5.91 Å². The van der Waals surface area contributed by atoms with Crippen LogP contribution in [0.15, 0.2) is 59.5 Å². The summed E-state index contributed by atoms with van der Waals surface area (Å²) in [7, 11) is 1.92. The van der Waals surface area contributed by atoms with E-state index < -0.39 is 0 Å². The molecule has 184 valence electrons. The van der Waals surface area contributed by atoms with Crippen LogP contribution in [0.25, 0.3) is 0 Å². The Hall–Kier alpha value is -2.82. The van der Waals surface area contributed by atoms with Gasteiger partial charge in [-0.05, 0) is 30.5 Å². The highest BCUT2D eigenvalue weighted by Crippen LogP contribution is 2.27. The van der Waals surface area contributed by atoms with E-state index in [0.717, 1.165) is 23.3 Å². The number of piperazine rings is 1. The van der Waals surface area contributed by atoms with Crippen molar-refractivity contribution in [3.8, 4) is 6.07 Å². The van der Waals surface area contributed by atoms with Crippen molar-refractivity contribution in [2.24, 2.45) is 0 Å². The van der Waals surface area contributed by atoms with E-state index in [0.29, 0.717) is 43.5 Å². The minimum atomic E-state index is -0.302. The summed E-state index contributed by atoms with van der Waals surface area (Å²) in [5.41, 5.74) is 1.64. The topological polar surface area (TPSA) is 67.7 Å². The normalized spacial score (nSPS) is 18.0. The molecule has 1 saturated carbocycles. The van der Waals surface area contributed by atoms with E-state index in [2.05, 4.69) is 11.0 Å². The zero-order chi connectivity index (χ0) is 24.6. The first-order chi connectivity index (χ1) is 17.1. The zero-order valence-corrected chi connectivity index (χ0v) is 21.3. The molecular weight excluding hydrogens is 456 g/mol. The summed E-state index contributed by atoms with van der Waals surface area (Å²) < 4.78 is 0. The van der Waals surface area contributed by atoms with Crippen molar-refractivity contribution in [2.75, 3.05) is 39.0 Å². The second-order valence-corrected chi connectivity index (χ2v) is 10.4. The summed E-state index contributed by atoms with van der Waals surface area (Å²) in [6.45, 7) is 2.45. The molecule has 2 aromatic carbocycles. The second-order valence-electron chi connectivity index (χ2n) is 9.35. The van der Waals surface area contributed by atoms with Crippen molar-refractivity contribution < 1.29 is 9.59 Å². The Labute approximate surface area is 212 Å². The van der Waals surface area contributed by atoms with Crippen LogP contribution >= 0.6 is 11.8 Å². The Morgan fingerprint density at radius 2 is 1.66 bits per heavy atom. The fourth-order valence-corrected chi connectivity index (χ4v) is 6.01. The monoisotopic (exact) mass is 490 g/mol. The molecular formula is C28H34N4O2S. The Morgan fingerprint density at radius 1 is 1.00 bits per heavy atom. The van der Waals surface area contributed by atoms with Crippen LogP contribution in [0.4, 0.5) is 0 Å². The van der Waals surface area contributed by atoms with Gasteiger partial charge in [0.25, 0.3) is 5.91 Å². The van der Waals surface area contributed by atoms with E-state index in [1.165, 1.54) is 31.0 Å². The van der Waals surface area contributed by atoms with Gasteiger partial charge in [-0.25, -0.2) is 0 Å². The van der Waals surface area contributed by atoms with Crippen molar-refractivity contribution in [2.45, 2.75) is 49.1 Å². The summed E-state index contributed by atoms with van der Waals surface area (Å²) in [6.07, 6.45) is 5.83. The lowest BCUT2D eigenvalue weighted by Crippen LogP contribution is -2.49. The van der Waals surface area contributed by atoms with Gasteiger partial charge in [0, 0.05) is 44.2 Å². The van der Waals surface area contributed by atoms with Crippen molar-refractivity contribution in [1.29, 1.82) is 5.26 Å². The number of hydrogen-bond acceptors (Lipinski definition) is 5. The van der Waals surface area contributed by atoms with Crippen molar-refractivity contribution >= 4 is 23.6 Å². The first-order valence-corrected chi connectivity index (χ1v) is 13.5. The minimum absolute atomic E-state index is 0.00551. The number of thioether (sulfide) groups is 1. The fraction of sp³-hybridized carbons (Fsp3) is 0.464. The Balaban J connectivity index is 1.35. The minimum Gasteiger partial charge on any atom is -0.342 e. The molecule has 0 N–H and O–H groups in total. The molecule has 2 amide bonds. The maximum absolute atomic E-state index is 13.4. The maximum atomic E-state index is 13.4. The molecule has 0 spiro atoms. The molecule has 1 heterocycles. The van der Waals surface area contributed by atoms with Crippen LogP contribution < -0.4 is 0 Å². The van der Waals surface area contributed by atoms with Crippen molar-refractivity contribution in [3.63, 3.8) is 0 Å². The van der Waals surface area contributed by atoms with Crippen LogP contribution in [0.2, 0.25) is 0 Å². The first-order valence-electron chi connectivity index (χ1n) is 12.5. The molecule has 1 aliphatic heterocycles. The van der Waals surface area contributed by atoms with Gasteiger partial charge in [0.05, 0.1) is 17.4 Å². The number of benzene rings is 2. The van der Waals surface area contributed by atoms with Gasteiger partial charge in [-0.1, -0.05) is 61.7 Å². The number of carbonyl (C=O) groups excluding carboxylic acids is 2. The third kappa shape index (κ3) is 6.25. The molecule has 0 radical (unpaired) electrons. The fourth-order valence-electron chi connectivity index (χ4n) is 5.04. The van der Waals surface area contributed by atoms with E-state index in [1.807, 2.05) is 71.4 Å². The lowest BCUT2D eigenvalue weighted by molar-refractivity contribution is -0.129. The smallest absolute Gasteiger partial charge is 0.255 e. The molecule has 1 unspecified atom stereocenters. The van der Waals surface area contributed by atoms with E-state index >= 15 is 0 Å². The molecule has 2 aliphatic rings. The molecule has 2 fully saturated rings. The molecule has 2 aromatic rings. The van der Waals surface area contributed by atoms with Gasteiger partial charge >= 0.3 is 0 Å². The highest BCUT2D eigenvalue weighted by atomic mass is 32.2. The van der Waals surface area contributed by atoms with Gasteiger partial charge in [0.1, 0.15) is 6.04 Å². The van der Waals surface area contributed by atoms with Crippen LogP contribution in [-0.4, -0.2) is 71.5 Å². The SMILES string of the molecule is CN(C(=O)CSc1ccccc1C(=O)N1CCN(C(C#N)c2ccccc2)CC1)C1CCCCC1. The third-order valence-electron chi connectivity index (χ3n) is 7.19.